The van der Waals surface area contributed by atoms with E-state index in [1.54, 1.807) is 13.1 Å². The van der Waals surface area contributed by atoms with Crippen molar-refractivity contribution in [3.05, 3.63) is 35.4 Å². The Balaban J connectivity index is 2.97. The first kappa shape index (κ1) is 14.0. The number of alkyl halides is 3. The van der Waals surface area contributed by atoms with E-state index in [0.717, 1.165) is 12.1 Å². The number of aliphatic hydroxyl groups is 1. The van der Waals surface area contributed by atoms with Crippen molar-refractivity contribution in [2.75, 3.05) is 20.2 Å². The molecule has 1 atom stereocenters. The summed E-state index contributed by atoms with van der Waals surface area (Å²) in [5.41, 5.74) is -0.284. The Morgan fingerprint density at radius 1 is 1.41 bits per heavy atom. The Kier molecular flexibility index (Phi) is 4.50. The molecular formula is C11H15F3N2O. The van der Waals surface area contributed by atoms with Gasteiger partial charge in [0.25, 0.3) is 0 Å². The summed E-state index contributed by atoms with van der Waals surface area (Å²) in [6.45, 7) is 0.0423. The Labute approximate surface area is 97.6 Å². The first-order valence-electron chi connectivity index (χ1n) is 5.08. The van der Waals surface area contributed by atoms with Crippen molar-refractivity contribution in [1.29, 1.82) is 0 Å². The number of hydrogen-bond donors (Lipinski definition) is 2. The number of hydrogen-bond acceptors (Lipinski definition) is 3. The largest absolute Gasteiger partial charge is 0.416 e. The van der Waals surface area contributed by atoms with Gasteiger partial charge < -0.3 is 5.11 Å². The maximum absolute atomic E-state index is 12.5. The number of nitrogens with two attached hydrogens (primary N) is 1. The van der Waals surface area contributed by atoms with Gasteiger partial charge in [0.2, 0.25) is 0 Å². The van der Waals surface area contributed by atoms with Crippen LogP contribution in [0.4, 0.5) is 13.2 Å². The molecule has 0 aliphatic carbocycles. The summed E-state index contributed by atoms with van der Waals surface area (Å²) in [5.74, 6) is 5.01. The van der Waals surface area contributed by atoms with Crippen LogP contribution in [-0.4, -0.2) is 30.3 Å². The monoisotopic (exact) mass is 248 g/mol. The van der Waals surface area contributed by atoms with Crippen LogP contribution in [0.2, 0.25) is 0 Å². The van der Waals surface area contributed by atoms with E-state index in [1.807, 2.05) is 0 Å². The second-order valence-corrected chi connectivity index (χ2v) is 3.94. The molecule has 0 fully saturated rings. The average Bonchev–Trinajstić information content (AvgIpc) is 2.24. The number of aliphatic hydroxyl groups excluding tert-OH is 1. The first-order valence-corrected chi connectivity index (χ1v) is 5.08. The van der Waals surface area contributed by atoms with Gasteiger partial charge in [-0.05, 0) is 11.6 Å². The van der Waals surface area contributed by atoms with Crippen LogP contribution in [0.1, 0.15) is 17.0 Å². The van der Waals surface area contributed by atoms with Crippen LogP contribution in [0.25, 0.3) is 0 Å². The fourth-order valence-corrected chi connectivity index (χ4v) is 1.59. The number of nitrogens with zero attached hydrogens (tertiary/aromatic N) is 1. The molecule has 0 radical (unpaired) electrons. The van der Waals surface area contributed by atoms with Crippen LogP contribution in [0.3, 0.4) is 0 Å². The molecule has 0 bridgehead atoms. The van der Waals surface area contributed by atoms with E-state index in [2.05, 4.69) is 0 Å². The molecule has 3 nitrogen and oxygen atoms in total. The summed E-state index contributed by atoms with van der Waals surface area (Å²) in [6.07, 6.45) is -4.37. The van der Waals surface area contributed by atoms with E-state index in [0.29, 0.717) is 5.56 Å². The number of rotatable bonds is 4. The normalized spacial score (nSPS) is 14.1. The van der Waals surface area contributed by atoms with Gasteiger partial charge in [0.15, 0.2) is 0 Å². The number of benzene rings is 1. The highest BCUT2D eigenvalue weighted by Gasteiger charge is 2.30. The van der Waals surface area contributed by atoms with E-state index < -0.39 is 17.7 Å². The minimum atomic E-state index is -4.37. The maximum atomic E-state index is 12.5. The molecule has 0 saturated heterocycles. The zero-order valence-electron chi connectivity index (χ0n) is 9.41. The molecule has 1 unspecified atom stereocenters. The van der Waals surface area contributed by atoms with E-state index in [-0.39, 0.29) is 13.2 Å². The van der Waals surface area contributed by atoms with Crippen molar-refractivity contribution in [3.8, 4) is 0 Å². The molecule has 0 aromatic heterocycles. The molecule has 0 heterocycles. The summed E-state index contributed by atoms with van der Waals surface area (Å²) < 4.78 is 37.5. The van der Waals surface area contributed by atoms with Gasteiger partial charge in [0.1, 0.15) is 0 Å². The smallest absolute Gasteiger partial charge is 0.396 e. The fraction of sp³-hybridized carbons (Fsp3) is 0.455. The molecule has 17 heavy (non-hydrogen) atoms. The standard InChI is InChI=1S/C11H15F3N2O/c1-16(15)6-9(7-17)8-3-2-4-10(5-8)11(12,13)14/h2-5,9,17H,6-7,15H2,1H3. The van der Waals surface area contributed by atoms with Crippen LogP contribution in [0, 0.1) is 0 Å². The van der Waals surface area contributed by atoms with Gasteiger partial charge >= 0.3 is 6.18 Å². The molecule has 3 N–H and O–H groups in total. The van der Waals surface area contributed by atoms with E-state index in [1.165, 1.54) is 11.1 Å². The lowest BCUT2D eigenvalue weighted by molar-refractivity contribution is -0.137. The molecule has 0 aliphatic rings. The van der Waals surface area contributed by atoms with E-state index in [4.69, 9.17) is 10.9 Å². The maximum Gasteiger partial charge on any atom is 0.416 e. The van der Waals surface area contributed by atoms with Gasteiger partial charge in [-0.3, -0.25) is 5.84 Å². The quantitative estimate of drug-likeness (QED) is 0.628. The van der Waals surface area contributed by atoms with E-state index in [9.17, 15) is 13.2 Å². The highest BCUT2D eigenvalue weighted by molar-refractivity contribution is 5.28. The van der Waals surface area contributed by atoms with Crippen molar-refractivity contribution >= 4 is 0 Å². The molecule has 6 heteroatoms. The molecule has 0 aliphatic heterocycles. The molecule has 0 spiro atoms. The average molecular weight is 248 g/mol. The SMILES string of the molecule is CN(N)CC(CO)c1cccc(C(F)(F)F)c1. The second-order valence-electron chi connectivity index (χ2n) is 3.94. The lowest BCUT2D eigenvalue weighted by Crippen LogP contribution is -2.32. The van der Waals surface area contributed by atoms with Crippen molar-refractivity contribution < 1.29 is 18.3 Å². The predicted molar refractivity (Wildman–Crippen MR) is 58.1 cm³/mol. The first-order chi connectivity index (χ1) is 7.84. The summed E-state index contributed by atoms with van der Waals surface area (Å²) in [7, 11) is 1.59. The zero-order valence-corrected chi connectivity index (χ0v) is 9.41. The van der Waals surface area contributed by atoms with Crippen molar-refractivity contribution in [1.82, 2.24) is 5.01 Å². The van der Waals surface area contributed by atoms with Gasteiger partial charge in [0, 0.05) is 19.5 Å². The third-order valence-electron chi connectivity index (χ3n) is 2.41. The zero-order chi connectivity index (χ0) is 13.1. The lowest BCUT2D eigenvalue weighted by atomic mass is 9.97. The Morgan fingerprint density at radius 2 is 2.06 bits per heavy atom. The molecule has 96 valence electrons. The van der Waals surface area contributed by atoms with Crippen LogP contribution >= 0.6 is 0 Å². The molecule has 1 rings (SSSR count). The topological polar surface area (TPSA) is 49.5 Å². The molecular weight excluding hydrogens is 233 g/mol. The van der Waals surface area contributed by atoms with Gasteiger partial charge in [0.05, 0.1) is 12.2 Å². The molecule has 0 saturated carbocycles. The van der Waals surface area contributed by atoms with Crippen molar-refractivity contribution in [2.45, 2.75) is 12.1 Å². The number of halogens is 3. The molecule has 1 aromatic rings. The minimum Gasteiger partial charge on any atom is -0.396 e. The summed E-state index contributed by atoms with van der Waals surface area (Å²) >= 11 is 0. The fourth-order valence-electron chi connectivity index (χ4n) is 1.59. The van der Waals surface area contributed by atoms with Crippen LogP contribution in [-0.2, 0) is 6.18 Å². The second kappa shape index (κ2) is 5.48. The third-order valence-corrected chi connectivity index (χ3v) is 2.41. The summed E-state index contributed by atoms with van der Waals surface area (Å²) in [5, 5.41) is 10.5. The number of likely N-dealkylation sites (N-methyl/N-ethyl adjacent to an activating group) is 1. The van der Waals surface area contributed by atoms with Crippen molar-refractivity contribution in [2.24, 2.45) is 5.84 Å². The van der Waals surface area contributed by atoms with Gasteiger partial charge in [-0.25, -0.2) is 5.01 Å². The highest BCUT2D eigenvalue weighted by atomic mass is 19.4. The Morgan fingerprint density at radius 3 is 2.53 bits per heavy atom. The van der Waals surface area contributed by atoms with E-state index >= 15 is 0 Å². The molecule has 0 amide bonds. The number of hydrazine groups is 1. The van der Waals surface area contributed by atoms with Crippen molar-refractivity contribution in [3.63, 3.8) is 0 Å². The lowest BCUT2D eigenvalue weighted by Gasteiger charge is -2.20. The predicted octanol–water partition coefficient (Wildman–Crippen LogP) is 1.59. The summed E-state index contributed by atoms with van der Waals surface area (Å²) in [6, 6.07) is 4.94. The van der Waals surface area contributed by atoms with Crippen LogP contribution in [0.15, 0.2) is 24.3 Å². The Bertz CT molecular complexity index is 366. The minimum absolute atomic E-state index is 0.247. The third kappa shape index (κ3) is 3.99. The van der Waals surface area contributed by atoms with Gasteiger partial charge in [-0.15, -0.1) is 0 Å². The Hall–Kier alpha value is -1.11. The van der Waals surface area contributed by atoms with Gasteiger partial charge in [-0.2, -0.15) is 13.2 Å². The van der Waals surface area contributed by atoms with Crippen LogP contribution < -0.4 is 5.84 Å². The van der Waals surface area contributed by atoms with Gasteiger partial charge in [-0.1, -0.05) is 18.2 Å². The summed E-state index contributed by atoms with van der Waals surface area (Å²) in [4.78, 5) is 0. The molecule has 1 aromatic carbocycles. The van der Waals surface area contributed by atoms with Crippen LogP contribution in [0.5, 0.6) is 0 Å². The highest BCUT2D eigenvalue weighted by Crippen LogP contribution is 2.31.